The molecule has 1 aromatic heterocycles. The first-order valence-electron chi connectivity index (χ1n) is 5.71. The second kappa shape index (κ2) is 5.40. The van der Waals surface area contributed by atoms with Crippen molar-refractivity contribution in [3.63, 3.8) is 0 Å². The summed E-state index contributed by atoms with van der Waals surface area (Å²) < 4.78 is 0. The number of benzene rings is 1. The van der Waals surface area contributed by atoms with Gasteiger partial charge in [0.1, 0.15) is 0 Å². The van der Waals surface area contributed by atoms with Gasteiger partial charge in [-0.3, -0.25) is 5.84 Å². The van der Waals surface area contributed by atoms with Crippen LogP contribution in [0.25, 0.3) is 0 Å². The Morgan fingerprint density at radius 2 is 2.29 bits per heavy atom. The van der Waals surface area contributed by atoms with Crippen molar-refractivity contribution in [1.29, 1.82) is 0 Å². The Morgan fingerprint density at radius 1 is 1.47 bits per heavy atom. The highest BCUT2D eigenvalue weighted by Crippen LogP contribution is 2.27. The molecule has 3 nitrogen and oxygen atoms in total. The molecular weight excluding hydrogens is 230 g/mol. The monoisotopic (exact) mass is 247 g/mol. The Hall–Kier alpha value is -1.23. The highest BCUT2D eigenvalue weighted by atomic mass is 32.1. The average Bonchev–Trinajstić information content (AvgIpc) is 2.77. The van der Waals surface area contributed by atoms with Crippen molar-refractivity contribution in [1.82, 2.24) is 10.4 Å². The number of rotatable bonds is 4. The van der Waals surface area contributed by atoms with E-state index < -0.39 is 0 Å². The summed E-state index contributed by atoms with van der Waals surface area (Å²) in [7, 11) is 0. The van der Waals surface area contributed by atoms with Crippen LogP contribution in [0.15, 0.2) is 29.8 Å². The second-order valence-electron chi connectivity index (χ2n) is 4.00. The number of nitrogens with zero attached hydrogens (tertiary/aromatic N) is 1. The van der Waals surface area contributed by atoms with Crippen molar-refractivity contribution < 1.29 is 0 Å². The SMILES string of the molecule is CCc1cccc(C(NN)c2scnc2C)c1. The Labute approximate surface area is 106 Å². The molecule has 1 atom stereocenters. The van der Waals surface area contributed by atoms with Crippen molar-refractivity contribution in [3.05, 3.63) is 51.5 Å². The first-order chi connectivity index (χ1) is 8.26. The van der Waals surface area contributed by atoms with Crippen molar-refractivity contribution in [2.75, 3.05) is 0 Å². The van der Waals surface area contributed by atoms with Crippen LogP contribution < -0.4 is 11.3 Å². The Kier molecular flexibility index (Phi) is 3.89. The smallest absolute Gasteiger partial charge is 0.0821 e. The van der Waals surface area contributed by atoms with Gasteiger partial charge in [-0.05, 0) is 24.5 Å². The van der Waals surface area contributed by atoms with E-state index in [1.807, 2.05) is 12.4 Å². The molecular formula is C13H17N3S. The lowest BCUT2D eigenvalue weighted by Gasteiger charge is -2.16. The molecule has 4 heteroatoms. The molecule has 90 valence electrons. The molecule has 17 heavy (non-hydrogen) atoms. The number of aromatic nitrogens is 1. The maximum absolute atomic E-state index is 5.69. The van der Waals surface area contributed by atoms with E-state index in [9.17, 15) is 0 Å². The van der Waals surface area contributed by atoms with Crippen LogP contribution in [0.5, 0.6) is 0 Å². The molecule has 1 unspecified atom stereocenters. The molecule has 3 N–H and O–H groups in total. The van der Waals surface area contributed by atoms with E-state index in [4.69, 9.17) is 5.84 Å². The third kappa shape index (κ3) is 2.54. The number of hydrogen-bond acceptors (Lipinski definition) is 4. The van der Waals surface area contributed by atoms with Crippen LogP contribution in [0, 0.1) is 6.92 Å². The molecule has 2 aromatic rings. The molecule has 0 fully saturated rings. The number of hydrogen-bond donors (Lipinski definition) is 2. The zero-order valence-electron chi connectivity index (χ0n) is 10.1. The minimum absolute atomic E-state index is 0.0361. The predicted molar refractivity (Wildman–Crippen MR) is 71.8 cm³/mol. The Balaban J connectivity index is 2.38. The number of thiazole rings is 1. The summed E-state index contributed by atoms with van der Waals surface area (Å²) in [5.74, 6) is 5.69. The maximum Gasteiger partial charge on any atom is 0.0821 e. The molecule has 0 saturated heterocycles. The molecule has 0 amide bonds. The van der Waals surface area contributed by atoms with Gasteiger partial charge in [-0.1, -0.05) is 31.2 Å². The van der Waals surface area contributed by atoms with Crippen LogP contribution in [-0.2, 0) is 6.42 Å². The molecule has 2 rings (SSSR count). The molecule has 1 heterocycles. The Morgan fingerprint density at radius 3 is 2.88 bits per heavy atom. The molecule has 0 spiro atoms. The van der Waals surface area contributed by atoms with Gasteiger partial charge in [0, 0.05) is 0 Å². The molecule has 0 radical (unpaired) electrons. The van der Waals surface area contributed by atoms with Crippen LogP contribution in [0.2, 0.25) is 0 Å². The fourth-order valence-electron chi connectivity index (χ4n) is 1.90. The van der Waals surface area contributed by atoms with Crippen LogP contribution in [-0.4, -0.2) is 4.98 Å². The van der Waals surface area contributed by atoms with E-state index in [1.165, 1.54) is 16.0 Å². The first kappa shape index (κ1) is 12.2. The third-order valence-corrected chi connectivity index (χ3v) is 3.90. The van der Waals surface area contributed by atoms with Crippen molar-refractivity contribution >= 4 is 11.3 Å². The normalized spacial score (nSPS) is 12.6. The highest BCUT2D eigenvalue weighted by molar-refractivity contribution is 7.09. The standard InChI is InChI=1S/C13H17N3S/c1-3-10-5-4-6-11(7-10)12(16-14)13-9(2)15-8-17-13/h4-8,12,16H,3,14H2,1-2H3. The van der Waals surface area contributed by atoms with Crippen molar-refractivity contribution in [2.24, 2.45) is 5.84 Å². The van der Waals surface area contributed by atoms with E-state index >= 15 is 0 Å². The van der Waals surface area contributed by atoms with E-state index in [0.717, 1.165) is 12.1 Å². The first-order valence-corrected chi connectivity index (χ1v) is 6.59. The number of aryl methyl sites for hydroxylation is 2. The summed E-state index contributed by atoms with van der Waals surface area (Å²) in [5, 5.41) is 0. The summed E-state index contributed by atoms with van der Waals surface area (Å²) in [6.07, 6.45) is 1.03. The predicted octanol–water partition coefficient (Wildman–Crippen LogP) is 2.57. The third-order valence-electron chi connectivity index (χ3n) is 2.90. The summed E-state index contributed by atoms with van der Waals surface area (Å²) in [6.45, 7) is 4.17. The van der Waals surface area contributed by atoms with E-state index in [0.29, 0.717) is 0 Å². The minimum atomic E-state index is 0.0361. The van der Waals surface area contributed by atoms with Gasteiger partial charge in [-0.2, -0.15) is 0 Å². The minimum Gasteiger partial charge on any atom is -0.271 e. The van der Waals surface area contributed by atoms with E-state index in [1.54, 1.807) is 11.3 Å². The largest absolute Gasteiger partial charge is 0.271 e. The van der Waals surface area contributed by atoms with Gasteiger partial charge in [0.05, 0.1) is 22.1 Å². The molecule has 0 aliphatic rings. The molecule has 0 saturated carbocycles. The quantitative estimate of drug-likeness (QED) is 0.645. The lowest BCUT2D eigenvalue weighted by molar-refractivity contribution is 0.641. The average molecular weight is 247 g/mol. The molecule has 0 aliphatic carbocycles. The number of hydrazine groups is 1. The second-order valence-corrected chi connectivity index (χ2v) is 4.89. The van der Waals surface area contributed by atoms with Gasteiger partial charge in [0.25, 0.3) is 0 Å². The topological polar surface area (TPSA) is 50.9 Å². The zero-order valence-corrected chi connectivity index (χ0v) is 10.9. The number of nitrogens with two attached hydrogens (primary N) is 1. The van der Waals surface area contributed by atoms with E-state index in [2.05, 4.69) is 41.6 Å². The van der Waals surface area contributed by atoms with Gasteiger partial charge < -0.3 is 0 Å². The molecule has 0 bridgehead atoms. The van der Waals surface area contributed by atoms with Crippen LogP contribution in [0.3, 0.4) is 0 Å². The van der Waals surface area contributed by atoms with Gasteiger partial charge in [0.15, 0.2) is 0 Å². The lowest BCUT2D eigenvalue weighted by atomic mass is 10.0. The lowest BCUT2D eigenvalue weighted by Crippen LogP contribution is -2.28. The molecule has 0 aliphatic heterocycles. The van der Waals surface area contributed by atoms with Crippen molar-refractivity contribution in [3.8, 4) is 0 Å². The van der Waals surface area contributed by atoms with Crippen LogP contribution in [0.4, 0.5) is 0 Å². The maximum atomic E-state index is 5.69. The summed E-state index contributed by atoms with van der Waals surface area (Å²) in [6, 6.07) is 8.55. The summed E-state index contributed by atoms with van der Waals surface area (Å²) in [5.41, 5.74) is 8.30. The van der Waals surface area contributed by atoms with Gasteiger partial charge in [0.2, 0.25) is 0 Å². The number of nitrogens with one attached hydrogen (secondary N) is 1. The van der Waals surface area contributed by atoms with Crippen molar-refractivity contribution in [2.45, 2.75) is 26.3 Å². The summed E-state index contributed by atoms with van der Waals surface area (Å²) in [4.78, 5) is 5.46. The van der Waals surface area contributed by atoms with Gasteiger partial charge in [-0.15, -0.1) is 11.3 Å². The summed E-state index contributed by atoms with van der Waals surface area (Å²) >= 11 is 1.64. The van der Waals surface area contributed by atoms with Gasteiger partial charge >= 0.3 is 0 Å². The van der Waals surface area contributed by atoms with Crippen LogP contribution >= 0.6 is 11.3 Å². The highest BCUT2D eigenvalue weighted by Gasteiger charge is 2.16. The fourth-order valence-corrected chi connectivity index (χ4v) is 2.79. The zero-order chi connectivity index (χ0) is 12.3. The van der Waals surface area contributed by atoms with Gasteiger partial charge in [-0.25, -0.2) is 10.4 Å². The van der Waals surface area contributed by atoms with E-state index in [-0.39, 0.29) is 6.04 Å². The fraction of sp³-hybridized carbons (Fsp3) is 0.308. The van der Waals surface area contributed by atoms with Crippen LogP contribution in [0.1, 0.15) is 34.7 Å². The Bertz CT molecular complexity index is 493. The molecule has 1 aromatic carbocycles.